The Bertz CT molecular complexity index is 847. The Morgan fingerprint density at radius 2 is 1.52 bits per heavy atom. The van der Waals surface area contributed by atoms with Crippen molar-refractivity contribution in [3.05, 3.63) is 48.5 Å². The smallest absolute Gasteiger partial charge is 0.261 e. The lowest BCUT2D eigenvalue weighted by Gasteiger charge is -2.11. The minimum absolute atomic E-state index is 0.0299. The molecule has 146 valence electrons. The largest absolute Gasteiger partial charge is 0.494 e. The average molecular weight is 392 g/mol. The molecule has 0 aliphatic rings. The van der Waals surface area contributed by atoms with E-state index in [0.717, 1.165) is 0 Å². The van der Waals surface area contributed by atoms with Gasteiger partial charge in [-0.3, -0.25) is 9.52 Å². The molecule has 2 rings (SSSR count). The molecule has 0 aliphatic carbocycles. The summed E-state index contributed by atoms with van der Waals surface area (Å²) in [4.78, 5) is 11.7. The number of rotatable bonds is 9. The van der Waals surface area contributed by atoms with Gasteiger partial charge in [0.05, 0.1) is 11.5 Å². The SMILES string of the molecule is CCOc1ccc(NS(=O)(=O)c2ccc(OCC(=O)NC(C)C)cc2)cc1. The predicted octanol–water partition coefficient (Wildman–Crippen LogP) is 2.79. The second-order valence-corrected chi connectivity index (χ2v) is 7.73. The summed E-state index contributed by atoms with van der Waals surface area (Å²) in [5.41, 5.74) is 0.434. The van der Waals surface area contributed by atoms with Crippen LogP contribution < -0.4 is 19.5 Å². The maximum Gasteiger partial charge on any atom is 0.261 e. The van der Waals surface area contributed by atoms with Crippen molar-refractivity contribution >= 4 is 21.6 Å². The van der Waals surface area contributed by atoms with Crippen molar-refractivity contribution in [3.8, 4) is 11.5 Å². The van der Waals surface area contributed by atoms with Crippen LogP contribution in [0.25, 0.3) is 0 Å². The number of hydrogen-bond donors (Lipinski definition) is 2. The summed E-state index contributed by atoms with van der Waals surface area (Å²) >= 11 is 0. The van der Waals surface area contributed by atoms with E-state index in [9.17, 15) is 13.2 Å². The highest BCUT2D eigenvalue weighted by molar-refractivity contribution is 7.92. The first-order valence-corrected chi connectivity index (χ1v) is 10.1. The number of carbonyl (C=O) groups excluding carboxylic acids is 1. The number of amides is 1. The summed E-state index contributed by atoms with van der Waals surface area (Å²) in [6, 6.07) is 12.5. The van der Waals surface area contributed by atoms with E-state index in [1.165, 1.54) is 24.3 Å². The minimum Gasteiger partial charge on any atom is -0.494 e. The van der Waals surface area contributed by atoms with Gasteiger partial charge in [0.2, 0.25) is 0 Å². The third-order valence-electron chi connectivity index (χ3n) is 3.37. The molecule has 0 heterocycles. The summed E-state index contributed by atoms with van der Waals surface area (Å²) in [5, 5.41) is 2.71. The van der Waals surface area contributed by atoms with E-state index < -0.39 is 10.0 Å². The Morgan fingerprint density at radius 3 is 2.07 bits per heavy atom. The van der Waals surface area contributed by atoms with Crippen molar-refractivity contribution in [1.82, 2.24) is 5.32 Å². The molecule has 0 radical (unpaired) electrons. The van der Waals surface area contributed by atoms with E-state index in [2.05, 4.69) is 10.0 Å². The molecule has 2 aromatic carbocycles. The maximum absolute atomic E-state index is 12.5. The highest BCUT2D eigenvalue weighted by Crippen LogP contribution is 2.21. The van der Waals surface area contributed by atoms with Gasteiger partial charge in [-0.2, -0.15) is 0 Å². The number of nitrogens with one attached hydrogen (secondary N) is 2. The van der Waals surface area contributed by atoms with Gasteiger partial charge in [-0.15, -0.1) is 0 Å². The van der Waals surface area contributed by atoms with Gasteiger partial charge in [-0.25, -0.2) is 8.42 Å². The summed E-state index contributed by atoms with van der Waals surface area (Å²) in [6.45, 7) is 6.00. The third kappa shape index (κ3) is 6.49. The average Bonchev–Trinajstić information content (AvgIpc) is 2.61. The van der Waals surface area contributed by atoms with Crippen LogP contribution in [0.2, 0.25) is 0 Å². The van der Waals surface area contributed by atoms with Gasteiger partial charge in [-0.1, -0.05) is 0 Å². The summed E-state index contributed by atoms with van der Waals surface area (Å²) in [5.74, 6) is 0.844. The monoisotopic (exact) mass is 392 g/mol. The van der Waals surface area contributed by atoms with E-state index in [1.54, 1.807) is 24.3 Å². The fourth-order valence-corrected chi connectivity index (χ4v) is 3.29. The second-order valence-electron chi connectivity index (χ2n) is 6.05. The first-order chi connectivity index (χ1) is 12.8. The van der Waals surface area contributed by atoms with E-state index in [1.807, 2.05) is 20.8 Å². The van der Waals surface area contributed by atoms with Gasteiger partial charge in [0.1, 0.15) is 11.5 Å². The molecule has 0 bridgehead atoms. The molecule has 0 unspecified atom stereocenters. The molecule has 0 spiro atoms. The zero-order valence-corrected chi connectivity index (χ0v) is 16.4. The lowest BCUT2D eigenvalue weighted by atomic mass is 10.3. The summed E-state index contributed by atoms with van der Waals surface area (Å²) < 4.78 is 38.1. The van der Waals surface area contributed by atoms with Crippen LogP contribution in [0.1, 0.15) is 20.8 Å². The van der Waals surface area contributed by atoms with Crippen LogP contribution >= 0.6 is 0 Å². The van der Waals surface area contributed by atoms with Crippen LogP contribution in [0.5, 0.6) is 11.5 Å². The Labute approximate surface area is 159 Å². The van der Waals surface area contributed by atoms with Crippen LogP contribution in [0, 0.1) is 0 Å². The third-order valence-corrected chi connectivity index (χ3v) is 4.77. The van der Waals surface area contributed by atoms with E-state index in [-0.39, 0.29) is 23.5 Å². The predicted molar refractivity (Wildman–Crippen MR) is 104 cm³/mol. The fraction of sp³-hybridized carbons (Fsp3) is 0.316. The maximum atomic E-state index is 12.5. The number of carbonyl (C=O) groups is 1. The van der Waals surface area contributed by atoms with Crippen molar-refractivity contribution in [2.24, 2.45) is 0 Å². The molecular formula is C19H24N2O5S. The molecule has 2 aromatic rings. The molecule has 0 fully saturated rings. The Morgan fingerprint density at radius 1 is 0.963 bits per heavy atom. The molecule has 0 saturated carbocycles. The standard InChI is InChI=1S/C19H24N2O5S/c1-4-25-16-7-5-15(6-8-16)21-27(23,24)18-11-9-17(10-12-18)26-13-19(22)20-14(2)3/h5-12,14,21H,4,13H2,1-3H3,(H,20,22). The van der Waals surface area contributed by atoms with Crippen LogP contribution in [-0.4, -0.2) is 33.6 Å². The van der Waals surface area contributed by atoms with Gasteiger partial charge in [0.25, 0.3) is 15.9 Å². The lowest BCUT2D eigenvalue weighted by molar-refractivity contribution is -0.123. The molecule has 8 heteroatoms. The van der Waals surface area contributed by atoms with Crippen LogP contribution in [0.15, 0.2) is 53.4 Å². The Kier molecular flexibility index (Phi) is 7.06. The zero-order chi connectivity index (χ0) is 19.9. The zero-order valence-electron chi connectivity index (χ0n) is 15.6. The van der Waals surface area contributed by atoms with Gasteiger partial charge in [-0.05, 0) is 69.3 Å². The van der Waals surface area contributed by atoms with Crippen molar-refractivity contribution in [1.29, 1.82) is 0 Å². The fourth-order valence-electron chi connectivity index (χ4n) is 2.23. The topological polar surface area (TPSA) is 93.7 Å². The number of anilines is 1. The first kappa shape index (κ1) is 20.6. The Balaban J connectivity index is 1.98. The molecule has 7 nitrogen and oxygen atoms in total. The first-order valence-electron chi connectivity index (χ1n) is 8.58. The van der Waals surface area contributed by atoms with Gasteiger partial charge >= 0.3 is 0 Å². The molecule has 0 aromatic heterocycles. The van der Waals surface area contributed by atoms with Crippen molar-refractivity contribution in [2.45, 2.75) is 31.7 Å². The van der Waals surface area contributed by atoms with E-state index in [4.69, 9.17) is 9.47 Å². The number of sulfonamides is 1. The van der Waals surface area contributed by atoms with Crippen molar-refractivity contribution < 1.29 is 22.7 Å². The van der Waals surface area contributed by atoms with Crippen molar-refractivity contribution in [3.63, 3.8) is 0 Å². The van der Waals surface area contributed by atoms with Crippen LogP contribution in [-0.2, 0) is 14.8 Å². The molecule has 0 aliphatic heterocycles. The summed E-state index contributed by atoms with van der Waals surface area (Å²) in [6.07, 6.45) is 0. The molecular weight excluding hydrogens is 368 g/mol. The molecule has 27 heavy (non-hydrogen) atoms. The molecule has 0 atom stereocenters. The van der Waals surface area contributed by atoms with Crippen molar-refractivity contribution in [2.75, 3.05) is 17.9 Å². The summed E-state index contributed by atoms with van der Waals surface area (Å²) in [7, 11) is -3.73. The molecule has 0 saturated heterocycles. The highest BCUT2D eigenvalue weighted by Gasteiger charge is 2.14. The van der Waals surface area contributed by atoms with E-state index >= 15 is 0 Å². The lowest BCUT2D eigenvalue weighted by Crippen LogP contribution is -2.34. The van der Waals surface area contributed by atoms with Crippen LogP contribution in [0.4, 0.5) is 5.69 Å². The number of hydrogen-bond acceptors (Lipinski definition) is 5. The normalized spacial score (nSPS) is 11.1. The Hall–Kier alpha value is -2.74. The van der Waals surface area contributed by atoms with E-state index in [0.29, 0.717) is 23.8 Å². The molecule has 2 N–H and O–H groups in total. The second kappa shape index (κ2) is 9.27. The number of ether oxygens (including phenoxy) is 2. The van der Waals surface area contributed by atoms with Gasteiger partial charge in [0, 0.05) is 11.7 Å². The molecule has 1 amide bonds. The highest BCUT2D eigenvalue weighted by atomic mass is 32.2. The quantitative estimate of drug-likeness (QED) is 0.684. The van der Waals surface area contributed by atoms with Crippen LogP contribution in [0.3, 0.4) is 0 Å². The van der Waals surface area contributed by atoms with Gasteiger partial charge in [0.15, 0.2) is 6.61 Å². The number of benzene rings is 2. The minimum atomic E-state index is -3.73. The van der Waals surface area contributed by atoms with Gasteiger partial charge < -0.3 is 14.8 Å².